The van der Waals surface area contributed by atoms with Crippen molar-refractivity contribution in [3.63, 3.8) is 0 Å². The zero-order chi connectivity index (χ0) is 15.9. The van der Waals surface area contributed by atoms with Gasteiger partial charge in [-0.05, 0) is 42.7 Å². The number of rotatable bonds is 6. The Morgan fingerprint density at radius 2 is 2.00 bits per heavy atom. The summed E-state index contributed by atoms with van der Waals surface area (Å²) in [6.45, 7) is 1.99. The predicted molar refractivity (Wildman–Crippen MR) is 92.0 cm³/mol. The highest BCUT2D eigenvalue weighted by Crippen LogP contribution is 2.22. The number of nitrogens with one attached hydrogen (secondary N) is 1. The van der Waals surface area contributed by atoms with E-state index in [9.17, 15) is 4.79 Å². The predicted octanol–water partition coefficient (Wildman–Crippen LogP) is 4.27. The van der Waals surface area contributed by atoms with Gasteiger partial charge >= 0.3 is 0 Å². The topological polar surface area (TPSA) is 38.3 Å². The molecule has 0 aliphatic carbocycles. The van der Waals surface area contributed by atoms with E-state index in [1.165, 1.54) is 0 Å². The minimum atomic E-state index is -0.0200. The van der Waals surface area contributed by atoms with Gasteiger partial charge in [-0.2, -0.15) is 0 Å². The maximum atomic E-state index is 12.1. The minimum Gasteiger partial charge on any atom is -0.497 e. The summed E-state index contributed by atoms with van der Waals surface area (Å²) in [5.41, 5.74) is 2.18. The van der Waals surface area contributed by atoms with E-state index >= 15 is 0 Å². The van der Waals surface area contributed by atoms with Crippen LogP contribution in [0.25, 0.3) is 0 Å². The number of methoxy groups -OCH3 is 1. The third-order valence-electron chi connectivity index (χ3n) is 3.52. The van der Waals surface area contributed by atoms with E-state index in [1.807, 2.05) is 55.5 Å². The largest absolute Gasteiger partial charge is 0.497 e. The molecule has 0 bridgehead atoms. The molecule has 3 nitrogen and oxygen atoms in total. The molecule has 0 fully saturated rings. The summed E-state index contributed by atoms with van der Waals surface area (Å²) in [6.07, 6.45) is 1.16. The van der Waals surface area contributed by atoms with Crippen molar-refractivity contribution in [2.24, 2.45) is 0 Å². The van der Waals surface area contributed by atoms with Crippen molar-refractivity contribution in [3.05, 3.63) is 64.1 Å². The molecule has 2 rings (SSSR count). The van der Waals surface area contributed by atoms with Gasteiger partial charge in [0, 0.05) is 10.9 Å². The van der Waals surface area contributed by atoms with Crippen molar-refractivity contribution < 1.29 is 9.53 Å². The summed E-state index contributed by atoms with van der Waals surface area (Å²) in [6, 6.07) is 15.7. The molecular formula is C18H20BrNO2. The number of halogens is 1. The molecule has 1 unspecified atom stereocenters. The highest BCUT2D eigenvalue weighted by molar-refractivity contribution is 9.10. The number of carbonyl (C=O) groups is 1. The second-order valence-corrected chi connectivity index (χ2v) is 6.02. The van der Waals surface area contributed by atoms with Crippen LogP contribution in [0.2, 0.25) is 0 Å². The first kappa shape index (κ1) is 16.6. The molecule has 0 saturated carbocycles. The van der Waals surface area contributed by atoms with E-state index in [-0.39, 0.29) is 11.9 Å². The van der Waals surface area contributed by atoms with Crippen molar-refractivity contribution in [2.75, 3.05) is 7.11 Å². The molecule has 0 spiro atoms. The van der Waals surface area contributed by atoms with Gasteiger partial charge in [-0.1, -0.05) is 46.3 Å². The third-order valence-corrected chi connectivity index (χ3v) is 4.25. The standard InChI is InChI=1S/C18H20BrNO2/c1-13(16-8-3-4-9-17(16)19)20-18(21)11-10-14-6-5-7-15(12-14)22-2/h3-9,12-13H,10-11H2,1-2H3,(H,20,21). The van der Waals surface area contributed by atoms with Gasteiger partial charge in [0.15, 0.2) is 0 Å². The number of benzene rings is 2. The average molecular weight is 362 g/mol. The Bertz CT molecular complexity index is 642. The molecule has 4 heteroatoms. The Morgan fingerprint density at radius 3 is 2.73 bits per heavy atom. The molecule has 22 heavy (non-hydrogen) atoms. The Kier molecular flexibility index (Phi) is 6.01. The number of ether oxygens (including phenoxy) is 1. The molecule has 0 aliphatic heterocycles. The molecule has 0 saturated heterocycles. The zero-order valence-electron chi connectivity index (χ0n) is 12.8. The molecule has 1 atom stereocenters. The van der Waals surface area contributed by atoms with E-state index in [1.54, 1.807) is 7.11 Å². The zero-order valence-corrected chi connectivity index (χ0v) is 14.4. The van der Waals surface area contributed by atoms with Gasteiger partial charge in [-0.3, -0.25) is 4.79 Å². The Balaban J connectivity index is 1.89. The summed E-state index contributed by atoms with van der Waals surface area (Å²) in [7, 11) is 1.64. The van der Waals surface area contributed by atoms with Gasteiger partial charge in [0.2, 0.25) is 5.91 Å². The monoisotopic (exact) mass is 361 g/mol. The van der Waals surface area contributed by atoms with Gasteiger partial charge in [0.05, 0.1) is 13.2 Å². The fraction of sp³-hybridized carbons (Fsp3) is 0.278. The number of hydrogen-bond donors (Lipinski definition) is 1. The van der Waals surface area contributed by atoms with Crippen LogP contribution in [-0.2, 0) is 11.2 Å². The van der Waals surface area contributed by atoms with Crippen molar-refractivity contribution in [1.82, 2.24) is 5.32 Å². The van der Waals surface area contributed by atoms with Gasteiger partial charge in [0.1, 0.15) is 5.75 Å². The molecule has 2 aromatic rings. The van der Waals surface area contributed by atoms with Crippen LogP contribution in [0.5, 0.6) is 5.75 Å². The van der Waals surface area contributed by atoms with Crippen LogP contribution in [0.4, 0.5) is 0 Å². The quantitative estimate of drug-likeness (QED) is 0.834. The molecule has 0 heterocycles. The van der Waals surface area contributed by atoms with Gasteiger partial charge in [-0.25, -0.2) is 0 Å². The van der Waals surface area contributed by atoms with E-state index in [0.717, 1.165) is 21.3 Å². The van der Waals surface area contributed by atoms with Crippen LogP contribution >= 0.6 is 15.9 Å². The van der Waals surface area contributed by atoms with Gasteiger partial charge in [-0.15, -0.1) is 0 Å². The van der Waals surface area contributed by atoms with Crippen molar-refractivity contribution in [2.45, 2.75) is 25.8 Å². The Morgan fingerprint density at radius 1 is 1.23 bits per heavy atom. The van der Waals surface area contributed by atoms with Crippen LogP contribution < -0.4 is 10.1 Å². The Hall–Kier alpha value is -1.81. The first-order valence-corrected chi connectivity index (χ1v) is 8.06. The van der Waals surface area contributed by atoms with Crippen LogP contribution in [0, 0.1) is 0 Å². The molecule has 1 amide bonds. The van der Waals surface area contributed by atoms with Crippen molar-refractivity contribution in [1.29, 1.82) is 0 Å². The van der Waals surface area contributed by atoms with Crippen LogP contribution in [0.1, 0.15) is 30.5 Å². The summed E-state index contributed by atoms with van der Waals surface area (Å²) in [5.74, 6) is 0.866. The fourth-order valence-corrected chi connectivity index (χ4v) is 2.93. The lowest BCUT2D eigenvalue weighted by Gasteiger charge is -2.16. The highest BCUT2D eigenvalue weighted by atomic mass is 79.9. The van der Waals surface area contributed by atoms with E-state index in [0.29, 0.717) is 12.8 Å². The fourth-order valence-electron chi connectivity index (χ4n) is 2.30. The lowest BCUT2D eigenvalue weighted by molar-refractivity contribution is -0.121. The minimum absolute atomic E-state index is 0.0200. The van der Waals surface area contributed by atoms with E-state index in [2.05, 4.69) is 21.2 Å². The lowest BCUT2D eigenvalue weighted by Crippen LogP contribution is -2.27. The van der Waals surface area contributed by atoms with Gasteiger partial charge in [0.25, 0.3) is 0 Å². The van der Waals surface area contributed by atoms with Crippen molar-refractivity contribution >= 4 is 21.8 Å². The summed E-state index contributed by atoms with van der Waals surface area (Å²) in [4.78, 5) is 12.1. The lowest BCUT2D eigenvalue weighted by atomic mass is 10.1. The van der Waals surface area contributed by atoms with Crippen LogP contribution in [0.15, 0.2) is 53.0 Å². The second kappa shape index (κ2) is 7.99. The third kappa shape index (κ3) is 4.60. The molecule has 0 aliphatic rings. The van der Waals surface area contributed by atoms with Crippen LogP contribution in [0.3, 0.4) is 0 Å². The van der Waals surface area contributed by atoms with Gasteiger partial charge < -0.3 is 10.1 Å². The molecule has 116 valence electrons. The normalized spacial score (nSPS) is 11.8. The molecule has 0 aromatic heterocycles. The van der Waals surface area contributed by atoms with E-state index in [4.69, 9.17) is 4.74 Å². The number of aryl methyl sites for hydroxylation is 1. The smallest absolute Gasteiger partial charge is 0.220 e. The van der Waals surface area contributed by atoms with E-state index < -0.39 is 0 Å². The Labute approximate surface area is 139 Å². The first-order chi connectivity index (χ1) is 10.6. The summed E-state index contributed by atoms with van der Waals surface area (Å²) >= 11 is 3.51. The molecular weight excluding hydrogens is 342 g/mol. The molecule has 1 N–H and O–H groups in total. The molecule has 0 radical (unpaired) electrons. The molecule has 2 aromatic carbocycles. The maximum absolute atomic E-state index is 12.1. The number of carbonyl (C=O) groups excluding carboxylic acids is 1. The highest BCUT2D eigenvalue weighted by Gasteiger charge is 2.12. The number of hydrogen-bond acceptors (Lipinski definition) is 2. The number of amides is 1. The van der Waals surface area contributed by atoms with Crippen molar-refractivity contribution in [3.8, 4) is 5.75 Å². The summed E-state index contributed by atoms with van der Waals surface area (Å²) < 4.78 is 6.20. The maximum Gasteiger partial charge on any atom is 0.220 e. The van der Waals surface area contributed by atoms with Crippen LogP contribution in [-0.4, -0.2) is 13.0 Å². The average Bonchev–Trinajstić information content (AvgIpc) is 2.53. The SMILES string of the molecule is COc1cccc(CCC(=O)NC(C)c2ccccc2Br)c1. The summed E-state index contributed by atoms with van der Waals surface area (Å²) in [5, 5.41) is 3.04. The second-order valence-electron chi connectivity index (χ2n) is 5.16. The first-order valence-electron chi connectivity index (χ1n) is 7.27.